The van der Waals surface area contributed by atoms with Gasteiger partial charge >= 0.3 is 6.18 Å². The first-order valence-corrected chi connectivity index (χ1v) is 7.53. The van der Waals surface area contributed by atoms with Gasteiger partial charge in [0.15, 0.2) is 0 Å². The Morgan fingerprint density at radius 3 is 2.50 bits per heavy atom. The Labute approximate surface area is 142 Å². The predicted octanol–water partition coefficient (Wildman–Crippen LogP) is 5.03. The molecular formula is C17H16ClF3N2O. The molecule has 0 aromatic heterocycles. The Balaban J connectivity index is 2.09. The summed E-state index contributed by atoms with van der Waals surface area (Å²) in [6.45, 7) is 3.69. The van der Waals surface area contributed by atoms with Gasteiger partial charge < -0.3 is 10.6 Å². The molecule has 0 heterocycles. The number of halogens is 4. The van der Waals surface area contributed by atoms with Crippen molar-refractivity contribution < 1.29 is 18.0 Å². The highest BCUT2D eigenvalue weighted by Crippen LogP contribution is 2.36. The van der Waals surface area contributed by atoms with Gasteiger partial charge in [0.2, 0.25) is 5.91 Å². The predicted molar refractivity (Wildman–Crippen MR) is 89.5 cm³/mol. The van der Waals surface area contributed by atoms with E-state index in [1.54, 1.807) is 6.07 Å². The van der Waals surface area contributed by atoms with E-state index in [0.717, 1.165) is 28.9 Å². The molecule has 2 rings (SSSR count). The summed E-state index contributed by atoms with van der Waals surface area (Å²) in [4.78, 5) is 12.0. The summed E-state index contributed by atoms with van der Waals surface area (Å²) in [5, 5.41) is 5.15. The zero-order valence-corrected chi connectivity index (χ0v) is 13.8. The molecule has 0 atom stereocenters. The van der Waals surface area contributed by atoms with E-state index in [9.17, 15) is 18.0 Å². The van der Waals surface area contributed by atoms with Crippen LogP contribution in [0.3, 0.4) is 0 Å². The zero-order chi connectivity index (χ0) is 17.9. The molecule has 0 unspecified atom stereocenters. The number of benzene rings is 2. The Morgan fingerprint density at radius 2 is 1.83 bits per heavy atom. The summed E-state index contributed by atoms with van der Waals surface area (Å²) in [5.41, 5.74) is 1.50. The summed E-state index contributed by atoms with van der Waals surface area (Å²) < 4.78 is 39.0. The lowest BCUT2D eigenvalue weighted by Crippen LogP contribution is -2.24. The third kappa shape index (κ3) is 4.41. The smallest absolute Gasteiger partial charge is 0.376 e. The van der Waals surface area contributed by atoms with Gasteiger partial charge in [0, 0.05) is 10.7 Å². The fourth-order valence-electron chi connectivity index (χ4n) is 2.17. The van der Waals surface area contributed by atoms with Gasteiger partial charge in [-0.05, 0) is 49.2 Å². The molecular weight excluding hydrogens is 341 g/mol. The van der Waals surface area contributed by atoms with Gasteiger partial charge in [0.25, 0.3) is 0 Å². The lowest BCUT2D eigenvalue weighted by Gasteiger charge is -2.15. The molecule has 0 radical (unpaired) electrons. The van der Waals surface area contributed by atoms with Gasteiger partial charge in [-0.3, -0.25) is 4.79 Å². The van der Waals surface area contributed by atoms with Crippen LogP contribution >= 0.6 is 11.6 Å². The Morgan fingerprint density at radius 1 is 1.12 bits per heavy atom. The third-order valence-corrected chi connectivity index (χ3v) is 3.84. The normalized spacial score (nSPS) is 11.2. The molecule has 0 fully saturated rings. The number of amides is 1. The molecule has 128 valence electrons. The molecule has 2 aromatic rings. The number of hydrogen-bond donors (Lipinski definition) is 2. The maximum atomic E-state index is 13.0. The molecule has 2 N–H and O–H groups in total. The summed E-state index contributed by atoms with van der Waals surface area (Å²) >= 11 is 5.61. The van der Waals surface area contributed by atoms with Crippen molar-refractivity contribution in [3.63, 3.8) is 0 Å². The van der Waals surface area contributed by atoms with E-state index >= 15 is 0 Å². The summed E-state index contributed by atoms with van der Waals surface area (Å²) in [6, 6.07) is 8.80. The standard InChI is InChI=1S/C17H16ClF3N2O/c1-10-4-3-5-14(11(10)2)22-9-16(24)23-15-7-6-12(18)8-13(15)17(19,20)21/h3-8,22H,9H2,1-2H3,(H,23,24). The van der Waals surface area contributed by atoms with Crippen molar-refractivity contribution in [2.24, 2.45) is 0 Å². The van der Waals surface area contributed by atoms with Crippen LogP contribution in [0.15, 0.2) is 36.4 Å². The van der Waals surface area contributed by atoms with Crippen molar-refractivity contribution in [2.75, 3.05) is 17.2 Å². The second-order valence-electron chi connectivity index (χ2n) is 5.34. The first kappa shape index (κ1) is 18.1. The van der Waals surface area contributed by atoms with E-state index in [-0.39, 0.29) is 17.3 Å². The molecule has 24 heavy (non-hydrogen) atoms. The third-order valence-electron chi connectivity index (χ3n) is 3.61. The molecule has 7 heteroatoms. The highest BCUT2D eigenvalue weighted by Gasteiger charge is 2.34. The number of carbonyl (C=O) groups is 1. The van der Waals surface area contributed by atoms with Gasteiger partial charge in [-0.2, -0.15) is 13.2 Å². The van der Waals surface area contributed by atoms with Crippen molar-refractivity contribution >= 4 is 28.9 Å². The largest absolute Gasteiger partial charge is 0.418 e. The summed E-state index contributed by atoms with van der Waals surface area (Å²) in [6.07, 6.45) is -4.60. The highest BCUT2D eigenvalue weighted by atomic mass is 35.5. The van der Waals surface area contributed by atoms with Crippen LogP contribution in [-0.4, -0.2) is 12.5 Å². The first-order valence-electron chi connectivity index (χ1n) is 7.15. The maximum Gasteiger partial charge on any atom is 0.418 e. The fraction of sp³-hybridized carbons (Fsp3) is 0.235. The van der Waals surface area contributed by atoms with Crippen LogP contribution in [0.1, 0.15) is 16.7 Å². The van der Waals surface area contributed by atoms with E-state index in [1.165, 1.54) is 6.07 Å². The molecule has 1 amide bonds. The van der Waals surface area contributed by atoms with Crippen LogP contribution in [0.25, 0.3) is 0 Å². The monoisotopic (exact) mass is 356 g/mol. The number of carbonyl (C=O) groups excluding carboxylic acids is 1. The second-order valence-corrected chi connectivity index (χ2v) is 5.77. The van der Waals surface area contributed by atoms with Crippen LogP contribution in [-0.2, 0) is 11.0 Å². The van der Waals surface area contributed by atoms with Crippen LogP contribution < -0.4 is 10.6 Å². The lowest BCUT2D eigenvalue weighted by atomic mass is 10.1. The van der Waals surface area contributed by atoms with Gasteiger partial charge in [-0.1, -0.05) is 23.7 Å². The van der Waals surface area contributed by atoms with Crippen molar-refractivity contribution in [1.82, 2.24) is 0 Å². The lowest BCUT2D eigenvalue weighted by molar-refractivity contribution is -0.137. The molecule has 0 aliphatic carbocycles. The molecule has 0 saturated heterocycles. The van der Waals surface area contributed by atoms with Gasteiger partial charge in [-0.15, -0.1) is 0 Å². The molecule has 0 aliphatic heterocycles. The van der Waals surface area contributed by atoms with Gasteiger partial charge in [0.1, 0.15) is 0 Å². The Kier molecular flexibility index (Phi) is 5.39. The molecule has 0 saturated carbocycles. The van der Waals surface area contributed by atoms with Crippen LogP contribution in [0, 0.1) is 13.8 Å². The van der Waals surface area contributed by atoms with Gasteiger partial charge in [0.05, 0.1) is 17.8 Å². The quantitative estimate of drug-likeness (QED) is 0.807. The topological polar surface area (TPSA) is 41.1 Å². The minimum Gasteiger partial charge on any atom is -0.376 e. The highest BCUT2D eigenvalue weighted by molar-refractivity contribution is 6.30. The molecule has 3 nitrogen and oxygen atoms in total. The number of rotatable bonds is 4. The number of aryl methyl sites for hydroxylation is 1. The molecule has 0 bridgehead atoms. The molecule has 2 aromatic carbocycles. The van der Waals surface area contributed by atoms with Crippen LogP contribution in [0.4, 0.5) is 24.5 Å². The first-order chi connectivity index (χ1) is 11.2. The molecule has 0 aliphatic rings. The van der Waals surface area contributed by atoms with E-state index in [2.05, 4.69) is 10.6 Å². The average Bonchev–Trinajstić information content (AvgIpc) is 2.49. The Hall–Kier alpha value is -2.21. The van der Waals surface area contributed by atoms with E-state index < -0.39 is 17.6 Å². The van der Waals surface area contributed by atoms with Crippen LogP contribution in [0.2, 0.25) is 5.02 Å². The Bertz CT molecular complexity index is 760. The number of anilines is 2. The van der Waals surface area contributed by atoms with E-state index in [4.69, 9.17) is 11.6 Å². The maximum absolute atomic E-state index is 13.0. The summed E-state index contributed by atoms with van der Waals surface area (Å²) in [5.74, 6) is -0.580. The minimum absolute atomic E-state index is 0.0474. The number of alkyl halides is 3. The van der Waals surface area contributed by atoms with Crippen LogP contribution in [0.5, 0.6) is 0 Å². The van der Waals surface area contributed by atoms with Crippen molar-refractivity contribution in [3.05, 3.63) is 58.1 Å². The zero-order valence-electron chi connectivity index (χ0n) is 13.1. The van der Waals surface area contributed by atoms with Crippen molar-refractivity contribution in [1.29, 1.82) is 0 Å². The minimum atomic E-state index is -4.60. The fourth-order valence-corrected chi connectivity index (χ4v) is 2.34. The van der Waals surface area contributed by atoms with Crippen molar-refractivity contribution in [2.45, 2.75) is 20.0 Å². The SMILES string of the molecule is Cc1cccc(NCC(=O)Nc2ccc(Cl)cc2C(F)(F)F)c1C. The number of hydrogen-bond acceptors (Lipinski definition) is 2. The number of nitrogens with one attached hydrogen (secondary N) is 2. The van der Waals surface area contributed by atoms with Gasteiger partial charge in [-0.25, -0.2) is 0 Å². The second kappa shape index (κ2) is 7.13. The van der Waals surface area contributed by atoms with Crippen molar-refractivity contribution in [3.8, 4) is 0 Å². The average molecular weight is 357 g/mol. The summed E-state index contributed by atoms with van der Waals surface area (Å²) in [7, 11) is 0. The van der Waals surface area contributed by atoms with E-state index in [1.807, 2.05) is 26.0 Å². The van der Waals surface area contributed by atoms with E-state index in [0.29, 0.717) is 0 Å². The molecule has 0 spiro atoms.